The van der Waals surface area contributed by atoms with Gasteiger partial charge in [0.2, 0.25) is 5.88 Å². The van der Waals surface area contributed by atoms with Gasteiger partial charge in [-0.3, -0.25) is 4.79 Å². The SMILES string of the molecule is C[Si]1CNC(=O)c2cnn3c(N)c(-c4ccc5[nH]ccc5c4)c(nc23)NCc2cc(F)cnc2O1. The van der Waals surface area contributed by atoms with Crippen molar-refractivity contribution in [2.75, 3.05) is 17.2 Å². The van der Waals surface area contributed by atoms with E-state index in [1.807, 2.05) is 37.0 Å². The third-order valence-corrected chi connectivity index (χ3v) is 7.09. The number of hydrogen-bond donors (Lipinski definition) is 4. The molecule has 0 saturated carbocycles. The molecule has 0 aliphatic carbocycles. The molecule has 175 valence electrons. The number of pyridine rings is 1. The number of carbonyl (C=O) groups excluding carboxylic acids is 1. The maximum atomic E-state index is 14.1. The van der Waals surface area contributed by atoms with Crippen molar-refractivity contribution in [3.8, 4) is 17.0 Å². The number of anilines is 2. The highest BCUT2D eigenvalue weighted by atomic mass is 28.3. The second kappa shape index (κ2) is 8.09. The van der Waals surface area contributed by atoms with Gasteiger partial charge in [0.25, 0.3) is 14.9 Å². The van der Waals surface area contributed by atoms with Crippen molar-refractivity contribution in [1.82, 2.24) is 29.9 Å². The smallest absolute Gasteiger partial charge is 0.299 e. The lowest BCUT2D eigenvalue weighted by Gasteiger charge is -2.17. The number of nitrogen functional groups attached to an aromatic ring is 1. The molecule has 35 heavy (non-hydrogen) atoms. The van der Waals surface area contributed by atoms with E-state index in [9.17, 15) is 9.18 Å². The first-order valence-electron chi connectivity index (χ1n) is 10.9. The molecule has 12 heteroatoms. The zero-order chi connectivity index (χ0) is 24.1. The monoisotopic (exact) mass is 487 g/mol. The average molecular weight is 488 g/mol. The predicted octanol–water partition coefficient (Wildman–Crippen LogP) is 2.89. The van der Waals surface area contributed by atoms with Crippen molar-refractivity contribution >= 4 is 43.1 Å². The zero-order valence-electron chi connectivity index (χ0n) is 18.6. The molecule has 0 unspecified atom stereocenters. The van der Waals surface area contributed by atoms with Crippen LogP contribution in [0.25, 0.3) is 27.7 Å². The van der Waals surface area contributed by atoms with E-state index in [4.69, 9.17) is 15.1 Å². The van der Waals surface area contributed by atoms with Crippen LogP contribution >= 0.6 is 0 Å². The topological polar surface area (TPSA) is 135 Å². The zero-order valence-corrected chi connectivity index (χ0v) is 19.6. The van der Waals surface area contributed by atoms with Crippen molar-refractivity contribution in [2.45, 2.75) is 13.1 Å². The summed E-state index contributed by atoms with van der Waals surface area (Å²) < 4.78 is 21.5. The first-order valence-corrected chi connectivity index (χ1v) is 13.0. The van der Waals surface area contributed by atoms with Crippen LogP contribution in [0.15, 0.2) is 48.9 Å². The number of hydrogen-bond acceptors (Lipinski definition) is 7. The highest BCUT2D eigenvalue weighted by Gasteiger charge is 2.24. The molecule has 4 aromatic heterocycles. The number of carbonyl (C=O) groups is 1. The number of rotatable bonds is 1. The number of halogens is 1. The number of benzene rings is 1. The van der Waals surface area contributed by atoms with Crippen LogP contribution in [-0.2, 0) is 6.54 Å². The van der Waals surface area contributed by atoms with Gasteiger partial charge < -0.3 is 25.8 Å². The Labute approximate surface area is 200 Å². The summed E-state index contributed by atoms with van der Waals surface area (Å²) in [6, 6.07) is 9.21. The number of aromatic nitrogens is 5. The Kier molecular flexibility index (Phi) is 4.88. The molecule has 10 nitrogen and oxygen atoms in total. The molecule has 5 aromatic rings. The summed E-state index contributed by atoms with van der Waals surface area (Å²) in [5, 5.41) is 11.5. The number of nitrogens with zero attached hydrogens (tertiary/aromatic N) is 4. The first-order chi connectivity index (χ1) is 17.0. The van der Waals surface area contributed by atoms with Gasteiger partial charge >= 0.3 is 0 Å². The number of nitrogens with one attached hydrogen (secondary N) is 3. The fourth-order valence-electron chi connectivity index (χ4n) is 4.16. The Balaban J connectivity index is 1.56. The summed E-state index contributed by atoms with van der Waals surface area (Å²) in [5.41, 5.74) is 10.1. The van der Waals surface area contributed by atoms with E-state index in [0.717, 1.165) is 22.7 Å². The molecule has 0 saturated heterocycles. The summed E-state index contributed by atoms with van der Waals surface area (Å²) in [7, 11) is -1.51. The summed E-state index contributed by atoms with van der Waals surface area (Å²) in [6.07, 6.45) is 4.73. The minimum atomic E-state index is -1.51. The molecule has 5 heterocycles. The minimum absolute atomic E-state index is 0.183. The fraction of sp³-hybridized carbons (Fsp3) is 0.130. The molecule has 1 aromatic carbocycles. The van der Waals surface area contributed by atoms with E-state index in [1.165, 1.54) is 16.8 Å². The number of H-pyrrole nitrogens is 1. The number of aromatic amines is 1. The van der Waals surface area contributed by atoms with E-state index < -0.39 is 14.9 Å². The Morgan fingerprint density at radius 3 is 2.97 bits per heavy atom. The van der Waals surface area contributed by atoms with Crippen LogP contribution in [0.4, 0.5) is 16.0 Å². The second-order valence-corrected chi connectivity index (χ2v) is 10.2. The van der Waals surface area contributed by atoms with E-state index in [1.54, 1.807) is 0 Å². The summed E-state index contributed by atoms with van der Waals surface area (Å²) >= 11 is 0. The van der Waals surface area contributed by atoms with Crippen molar-refractivity contribution in [2.24, 2.45) is 0 Å². The van der Waals surface area contributed by atoms with Gasteiger partial charge in [0.15, 0.2) is 5.65 Å². The Bertz CT molecular complexity index is 1610. The molecule has 2 bridgehead atoms. The van der Waals surface area contributed by atoms with E-state index in [0.29, 0.717) is 46.0 Å². The summed E-state index contributed by atoms with van der Waals surface area (Å²) in [5.74, 6) is 0.247. The molecular formula is C23H20FN8O2Si. The average Bonchev–Trinajstić information content (AvgIpc) is 3.49. The standard InChI is InChI=1S/C23H20FN8O2Si/c1-35-11-29-22(33)16-10-30-32-19(25)18(13-2-3-17-12(6-13)4-5-26-17)20(31-21(16)32)27-8-14-7-15(24)9-28-23(14)34-35/h2-7,9-10,26H,8,11,25H2,1H3,(H,27,31)(H,29,33). The first kappa shape index (κ1) is 21.1. The molecule has 5 N–H and O–H groups in total. The molecule has 1 radical (unpaired) electrons. The molecule has 0 atom stereocenters. The Hall–Kier alpha value is -4.45. The van der Waals surface area contributed by atoms with Crippen molar-refractivity contribution < 1.29 is 13.6 Å². The highest BCUT2D eigenvalue weighted by molar-refractivity contribution is 6.51. The van der Waals surface area contributed by atoms with Gasteiger partial charge in [-0.25, -0.2) is 14.4 Å². The van der Waals surface area contributed by atoms with Crippen LogP contribution in [-0.4, -0.2) is 45.7 Å². The summed E-state index contributed by atoms with van der Waals surface area (Å²) in [4.78, 5) is 25.0. The van der Waals surface area contributed by atoms with Gasteiger partial charge in [0.1, 0.15) is 23.0 Å². The van der Waals surface area contributed by atoms with Gasteiger partial charge in [0.05, 0.1) is 18.0 Å². The Morgan fingerprint density at radius 1 is 1.20 bits per heavy atom. The minimum Gasteiger partial charge on any atom is -0.527 e. The van der Waals surface area contributed by atoms with Crippen molar-refractivity contribution in [1.29, 1.82) is 0 Å². The maximum absolute atomic E-state index is 14.1. The third-order valence-electron chi connectivity index (χ3n) is 5.88. The molecule has 1 aliphatic heterocycles. The lowest BCUT2D eigenvalue weighted by molar-refractivity contribution is 0.0960. The van der Waals surface area contributed by atoms with Crippen molar-refractivity contribution in [3.05, 3.63) is 65.9 Å². The van der Waals surface area contributed by atoms with E-state index >= 15 is 0 Å². The van der Waals surface area contributed by atoms with Gasteiger partial charge in [0, 0.05) is 30.0 Å². The van der Waals surface area contributed by atoms with Gasteiger partial charge in [-0.2, -0.15) is 9.61 Å². The quantitative estimate of drug-likeness (QED) is 0.267. The summed E-state index contributed by atoms with van der Waals surface area (Å²) in [6.45, 7) is 2.08. The van der Waals surface area contributed by atoms with E-state index in [-0.39, 0.29) is 12.5 Å². The van der Waals surface area contributed by atoms with Crippen LogP contribution in [0.3, 0.4) is 0 Å². The van der Waals surface area contributed by atoms with Crippen molar-refractivity contribution in [3.63, 3.8) is 0 Å². The number of nitrogens with two attached hydrogens (primary N) is 1. The van der Waals surface area contributed by atoms with Crippen LogP contribution in [0.2, 0.25) is 6.55 Å². The van der Waals surface area contributed by atoms with Gasteiger partial charge in [-0.1, -0.05) is 6.07 Å². The second-order valence-electron chi connectivity index (χ2n) is 8.25. The van der Waals surface area contributed by atoms with Crippen LogP contribution in [0.1, 0.15) is 15.9 Å². The predicted molar refractivity (Wildman–Crippen MR) is 131 cm³/mol. The molecule has 0 spiro atoms. The molecule has 1 amide bonds. The normalized spacial score (nSPS) is 14.5. The van der Waals surface area contributed by atoms with Crippen LogP contribution < -0.4 is 20.8 Å². The molecule has 0 fully saturated rings. The van der Waals surface area contributed by atoms with E-state index in [2.05, 4.69) is 25.7 Å². The van der Waals surface area contributed by atoms with Crippen LogP contribution in [0, 0.1) is 5.82 Å². The lowest BCUT2D eigenvalue weighted by Crippen LogP contribution is -2.37. The lowest BCUT2D eigenvalue weighted by atomic mass is 10.0. The third kappa shape index (κ3) is 3.63. The van der Waals surface area contributed by atoms with Gasteiger partial charge in [-0.15, -0.1) is 0 Å². The van der Waals surface area contributed by atoms with Gasteiger partial charge in [-0.05, 0) is 41.8 Å². The largest absolute Gasteiger partial charge is 0.527 e. The molecular weight excluding hydrogens is 467 g/mol. The number of fused-ring (bicyclic) bond motifs is 3. The highest BCUT2D eigenvalue weighted by Crippen LogP contribution is 2.36. The van der Waals surface area contributed by atoms with Crippen LogP contribution in [0.5, 0.6) is 5.88 Å². The number of amides is 1. The fourth-order valence-corrected chi connectivity index (χ4v) is 5.16. The Morgan fingerprint density at radius 2 is 2.09 bits per heavy atom. The maximum Gasteiger partial charge on any atom is 0.299 e. The molecule has 6 rings (SSSR count). The molecule has 1 aliphatic rings.